The Kier molecular flexibility index (Phi) is 5.10. The highest BCUT2D eigenvalue weighted by atomic mass is 32.2. The molecule has 0 aromatic heterocycles. The van der Waals surface area contributed by atoms with Crippen molar-refractivity contribution in [1.82, 2.24) is 5.32 Å². The molecule has 1 atom stereocenters. The summed E-state index contributed by atoms with van der Waals surface area (Å²) in [5, 5.41) is 5.47. The SMILES string of the molecule is CC(Nc1cc(N2CCNCC2)ccc1S(C)(=O)=O)C(F)(F)F. The van der Waals surface area contributed by atoms with Gasteiger partial charge in [0.25, 0.3) is 0 Å². The summed E-state index contributed by atoms with van der Waals surface area (Å²) in [5.74, 6) is 0. The number of hydrogen-bond donors (Lipinski definition) is 2. The quantitative estimate of drug-likeness (QED) is 0.867. The summed E-state index contributed by atoms with van der Waals surface area (Å²) in [5.41, 5.74) is 0.684. The maximum Gasteiger partial charge on any atom is 0.408 e. The Morgan fingerprint density at radius 2 is 1.87 bits per heavy atom. The molecule has 1 saturated heterocycles. The highest BCUT2D eigenvalue weighted by molar-refractivity contribution is 7.90. The minimum absolute atomic E-state index is 0.0200. The van der Waals surface area contributed by atoms with Crippen LogP contribution in [0.5, 0.6) is 0 Å². The number of benzene rings is 1. The van der Waals surface area contributed by atoms with Crippen molar-refractivity contribution in [3.8, 4) is 0 Å². The van der Waals surface area contributed by atoms with Crippen molar-refractivity contribution in [2.24, 2.45) is 0 Å². The Labute approximate surface area is 133 Å². The standard InChI is InChI=1S/C14H20F3N3O2S/c1-10(14(15,16)17)19-12-9-11(20-7-5-18-6-8-20)3-4-13(12)23(2,21)22/h3-4,9-10,18-19H,5-8H2,1-2H3. The number of halogens is 3. The Bertz CT molecular complexity index is 656. The van der Waals surface area contributed by atoms with E-state index < -0.39 is 22.1 Å². The van der Waals surface area contributed by atoms with E-state index in [0.29, 0.717) is 18.8 Å². The molecule has 2 N–H and O–H groups in total. The molecule has 5 nitrogen and oxygen atoms in total. The summed E-state index contributed by atoms with van der Waals surface area (Å²) in [6, 6.07) is 2.62. The van der Waals surface area contributed by atoms with E-state index in [1.807, 2.05) is 4.90 Å². The van der Waals surface area contributed by atoms with Crippen molar-refractivity contribution in [3.05, 3.63) is 18.2 Å². The van der Waals surface area contributed by atoms with Crippen LogP contribution in [0.15, 0.2) is 23.1 Å². The molecule has 1 aliphatic rings. The normalized spacial score (nSPS) is 17.9. The fraction of sp³-hybridized carbons (Fsp3) is 0.571. The molecule has 0 amide bonds. The number of rotatable bonds is 4. The molecule has 2 rings (SSSR count). The first-order chi connectivity index (χ1) is 10.6. The van der Waals surface area contributed by atoms with Crippen LogP contribution in [-0.2, 0) is 9.84 Å². The lowest BCUT2D eigenvalue weighted by Gasteiger charge is -2.30. The van der Waals surface area contributed by atoms with Crippen LogP contribution in [0, 0.1) is 0 Å². The van der Waals surface area contributed by atoms with Gasteiger partial charge in [-0.2, -0.15) is 13.2 Å². The molecule has 1 heterocycles. The van der Waals surface area contributed by atoms with Crippen LogP contribution in [0.1, 0.15) is 6.92 Å². The van der Waals surface area contributed by atoms with Gasteiger partial charge in [0.1, 0.15) is 6.04 Å². The Balaban J connectivity index is 2.38. The molecular formula is C14H20F3N3O2S. The molecule has 23 heavy (non-hydrogen) atoms. The molecule has 0 saturated carbocycles. The summed E-state index contributed by atoms with van der Waals surface area (Å²) >= 11 is 0. The predicted octanol–water partition coefficient (Wildman–Crippen LogP) is 1.86. The van der Waals surface area contributed by atoms with Crippen LogP contribution < -0.4 is 15.5 Å². The molecule has 1 aromatic carbocycles. The molecule has 0 aliphatic carbocycles. The first-order valence-corrected chi connectivity index (χ1v) is 9.11. The van der Waals surface area contributed by atoms with Gasteiger partial charge in [-0.25, -0.2) is 8.42 Å². The number of nitrogens with zero attached hydrogens (tertiary/aromatic N) is 1. The van der Waals surface area contributed by atoms with Gasteiger partial charge in [-0.05, 0) is 25.1 Å². The second-order valence-corrected chi connectivity index (χ2v) is 7.58. The molecule has 0 bridgehead atoms. The van der Waals surface area contributed by atoms with E-state index in [0.717, 1.165) is 26.3 Å². The lowest BCUT2D eigenvalue weighted by molar-refractivity contribution is -0.138. The van der Waals surface area contributed by atoms with Gasteiger partial charge >= 0.3 is 6.18 Å². The maximum atomic E-state index is 12.8. The summed E-state index contributed by atoms with van der Waals surface area (Å²) in [6.07, 6.45) is -3.48. The van der Waals surface area contributed by atoms with E-state index in [2.05, 4.69) is 10.6 Å². The molecule has 1 aliphatic heterocycles. The highest BCUT2D eigenvalue weighted by Gasteiger charge is 2.36. The van der Waals surface area contributed by atoms with Crippen LogP contribution in [0.2, 0.25) is 0 Å². The zero-order chi connectivity index (χ0) is 17.3. The molecule has 9 heteroatoms. The smallest absolute Gasteiger partial charge is 0.373 e. The van der Waals surface area contributed by atoms with E-state index in [1.54, 1.807) is 6.07 Å². The number of alkyl halides is 3. The van der Waals surface area contributed by atoms with Crippen molar-refractivity contribution >= 4 is 21.2 Å². The monoisotopic (exact) mass is 351 g/mol. The van der Waals surface area contributed by atoms with Crippen molar-refractivity contribution in [2.75, 3.05) is 42.7 Å². The molecule has 1 aromatic rings. The van der Waals surface area contributed by atoms with Gasteiger partial charge in [0, 0.05) is 38.1 Å². The number of anilines is 2. The third-order valence-electron chi connectivity index (χ3n) is 3.71. The van der Waals surface area contributed by atoms with Crippen molar-refractivity contribution < 1.29 is 21.6 Å². The summed E-state index contributed by atoms with van der Waals surface area (Å²) < 4.78 is 62.0. The van der Waals surface area contributed by atoms with Crippen LogP contribution in [0.25, 0.3) is 0 Å². The van der Waals surface area contributed by atoms with E-state index in [9.17, 15) is 21.6 Å². The molecule has 1 fully saturated rings. The van der Waals surface area contributed by atoms with Crippen LogP contribution in [-0.4, -0.2) is 53.1 Å². The number of sulfone groups is 1. The van der Waals surface area contributed by atoms with Gasteiger partial charge in [-0.1, -0.05) is 0 Å². The fourth-order valence-corrected chi connectivity index (χ4v) is 3.22. The number of piperazine rings is 1. The summed E-state index contributed by atoms with van der Waals surface area (Å²) in [4.78, 5) is 1.87. The van der Waals surface area contributed by atoms with E-state index >= 15 is 0 Å². The van der Waals surface area contributed by atoms with Crippen molar-refractivity contribution in [2.45, 2.75) is 24.0 Å². The van der Waals surface area contributed by atoms with Gasteiger partial charge in [0.05, 0.1) is 10.6 Å². The zero-order valence-electron chi connectivity index (χ0n) is 12.9. The fourth-order valence-electron chi connectivity index (χ4n) is 2.39. The molecule has 0 spiro atoms. The molecule has 1 unspecified atom stereocenters. The third kappa shape index (κ3) is 4.51. The Morgan fingerprint density at radius 3 is 2.39 bits per heavy atom. The van der Waals surface area contributed by atoms with Crippen LogP contribution in [0.3, 0.4) is 0 Å². The lowest BCUT2D eigenvalue weighted by atomic mass is 10.2. The number of nitrogens with one attached hydrogen (secondary N) is 2. The Hall–Kier alpha value is -1.48. The van der Waals surface area contributed by atoms with Crippen LogP contribution >= 0.6 is 0 Å². The second kappa shape index (κ2) is 6.56. The first kappa shape index (κ1) is 17.9. The van der Waals surface area contributed by atoms with Gasteiger partial charge in [0.2, 0.25) is 0 Å². The van der Waals surface area contributed by atoms with Gasteiger partial charge in [0.15, 0.2) is 9.84 Å². The predicted molar refractivity (Wildman–Crippen MR) is 83.8 cm³/mol. The average Bonchev–Trinajstić information content (AvgIpc) is 2.46. The lowest BCUT2D eigenvalue weighted by Crippen LogP contribution is -2.43. The summed E-state index contributed by atoms with van der Waals surface area (Å²) in [7, 11) is -3.63. The number of hydrogen-bond acceptors (Lipinski definition) is 5. The van der Waals surface area contributed by atoms with E-state index in [1.165, 1.54) is 12.1 Å². The minimum atomic E-state index is -4.46. The third-order valence-corrected chi connectivity index (χ3v) is 4.86. The van der Waals surface area contributed by atoms with Gasteiger partial charge in [-0.3, -0.25) is 0 Å². The van der Waals surface area contributed by atoms with Gasteiger partial charge in [-0.15, -0.1) is 0 Å². The van der Waals surface area contributed by atoms with Crippen LogP contribution in [0.4, 0.5) is 24.5 Å². The van der Waals surface area contributed by atoms with Crippen molar-refractivity contribution in [3.63, 3.8) is 0 Å². The van der Waals surface area contributed by atoms with E-state index in [-0.39, 0.29) is 10.6 Å². The first-order valence-electron chi connectivity index (χ1n) is 7.22. The maximum absolute atomic E-state index is 12.8. The topological polar surface area (TPSA) is 61.4 Å². The van der Waals surface area contributed by atoms with E-state index in [4.69, 9.17) is 0 Å². The minimum Gasteiger partial charge on any atom is -0.373 e. The van der Waals surface area contributed by atoms with Gasteiger partial charge < -0.3 is 15.5 Å². The summed E-state index contributed by atoms with van der Waals surface area (Å²) in [6.45, 7) is 3.94. The zero-order valence-corrected chi connectivity index (χ0v) is 13.8. The average molecular weight is 351 g/mol. The largest absolute Gasteiger partial charge is 0.408 e. The second-order valence-electron chi connectivity index (χ2n) is 5.60. The Morgan fingerprint density at radius 1 is 1.26 bits per heavy atom. The van der Waals surface area contributed by atoms with Crippen molar-refractivity contribution in [1.29, 1.82) is 0 Å². The molecule has 0 radical (unpaired) electrons. The molecule has 130 valence electrons. The highest BCUT2D eigenvalue weighted by Crippen LogP contribution is 2.31. The molecular weight excluding hydrogens is 331 g/mol.